The Morgan fingerprint density at radius 3 is 2.50 bits per heavy atom. The van der Waals surface area contributed by atoms with Gasteiger partial charge in [-0.3, -0.25) is 0 Å². The van der Waals surface area contributed by atoms with Gasteiger partial charge in [-0.05, 0) is 19.8 Å². The largest absolute Gasteiger partial charge is 0.389 e. The average molecular weight is 203 g/mol. The lowest BCUT2D eigenvalue weighted by Gasteiger charge is -2.22. The minimum atomic E-state index is -0.570. The van der Waals surface area contributed by atoms with E-state index in [1.807, 2.05) is 6.92 Å². The van der Waals surface area contributed by atoms with Crippen LogP contribution in [0.5, 0.6) is 0 Å². The molecule has 0 aliphatic carbocycles. The summed E-state index contributed by atoms with van der Waals surface area (Å²) in [4.78, 5) is 0. The monoisotopic (exact) mass is 203 g/mol. The molecule has 1 atom stereocenters. The fourth-order valence-electron chi connectivity index (χ4n) is 1.38. The number of hydrogen-bond donors (Lipinski definition) is 2. The van der Waals surface area contributed by atoms with Gasteiger partial charge in [0, 0.05) is 19.7 Å². The Morgan fingerprint density at radius 1 is 1.21 bits per heavy atom. The first kappa shape index (κ1) is 13.9. The fraction of sp³-hybridized carbons (Fsp3) is 1.00. The Labute approximate surface area is 87.8 Å². The van der Waals surface area contributed by atoms with Crippen molar-refractivity contribution in [2.75, 3.05) is 26.3 Å². The molecule has 2 N–H and O–H groups in total. The SMILES string of the molecule is CCCOCCNCC(C)(O)CCC. The third kappa shape index (κ3) is 8.48. The van der Waals surface area contributed by atoms with Gasteiger partial charge in [0.25, 0.3) is 0 Å². The van der Waals surface area contributed by atoms with Gasteiger partial charge in [0.15, 0.2) is 0 Å². The average Bonchev–Trinajstić information content (AvgIpc) is 2.11. The standard InChI is InChI=1S/C11H25NO2/c1-4-6-11(3,13)10-12-7-9-14-8-5-2/h12-13H,4-10H2,1-3H3. The van der Waals surface area contributed by atoms with E-state index in [-0.39, 0.29) is 0 Å². The molecule has 0 bridgehead atoms. The summed E-state index contributed by atoms with van der Waals surface area (Å²) in [5, 5.41) is 13.0. The molecule has 0 aromatic rings. The first-order chi connectivity index (χ1) is 6.62. The van der Waals surface area contributed by atoms with Gasteiger partial charge < -0.3 is 15.2 Å². The summed E-state index contributed by atoms with van der Waals surface area (Å²) in [6, 6.07) is 0. The second kappa shape index (κ2) is 8.21. The Balaban J connectivity index is 3.26. The highest BCUT2D eigenvalue weighted by Gasteiger charge is 2.17. The maximum atomic E-state index is 9.81. The highest BCUT2D eigenvalue weighted by Crippen LogP contribution is 2.09. The predicted molar refractivity (Wildman–Crippen MR) is 59.5 cm³/mol. The first-order valence-corrected chi connectivity index (χ1v) is 5.63. The molecule has 0 saturated carbocycles. The molecule has 0 saturated heterocycles. The van der Waals surface area contributed by atoms with Gasteiger partial charge in [-0.15, -0.1) is 0 Å². The van der Waals surface area contributed by atoms with Crippen LogP contribution in [0, 0.1) is 0 Å². The van der Waals surface area contributed by atoms with Crippen molar-refractivity contribution in [2.24, 2.45) is 0 Å². The summed E-state index contributed by atoms with van der Waals surface area (Å²) in [5.74, 6) is 0. The maximum absolute atomic E-state index is 9.81. The summed E-state index contributed by atoms with van der Waals surface area (Å²) in [7, 11) is 0. The minimum absolute atomic E-state index is 0.570. The molecule has 0 fully saturated rings. The van der Waals surface area contributed by atoms with Crippen molar-refractivity contribution in [3.8, 4) is 0 Å². The summed E-state index contributed by atoms with van der Waals surface area (Å²) in [6.07, 6.45) is 2.92. The molecular formula is C11H25NO2. The van der Waals surface area contributed by atoms with Gasteiger partial charge >= 0.3 is 0 Å². The molecule has 0 spiro atoms. The van der Waals surface area contributed by atoms with Crippen molar-refractivity contribution >= 4 is 0 Å². The highest BCUT2D eigenvalue weighted by molar-refractivity contribution is 4.74. The summed E-state index contributed by atoms with van der Waals surface area (Å²) < 4.78 is 5.31. The Kier molecular flexibility index (Phi) is 8.14. The molecule has 0 amide bonds. The van der Waals surface area contributed by atoms with Gasteiger partial charge in [0.2, 0.25) is 0 Å². The van der Waals surface area contributed by atoms with Crippen molar-refractivity contribution < 1.29 is 9.84 Å². The van der Waals surface area contributed by atoms with Gasteiger partial charge in [-0.25, -0.2) is 0 Å². The van der Waals surface area contributed by atoms with Crippen molar-refractivity contribution in [3.05, 3.63) is 0 Å². The molecule has 3 heteroatoms. The molecule has 0 aliphatic rings. The first-order valence-electron chi connectivity index (χ1n) is 5.63. The van der Waals surface area contributed by atoms with E-state index in [9.17, 15) is 5.11 Å². The molecule has 0 aromatic carbocycles. The van der Waals surface area contributed by atoms with Gasteiger partial charge in [0.1, 0.15) is 0 Å². The molecule has 0 aromatic heterocycles. The Bertz CT molecular complexity index is 126. The number of nitrogens with one attached hydrogen (secondary N) is 1. The molecule has 0 radical (unpaired) electrons. The van der Waals surface area contributed by atoms with Crippen LogP contribution in [0.25, 0.3) is 0 Å². The van der Waals surface area contributed by atoms with Crippen molar-refractivity contribution in [2.45, 2.75) is 45.6 Å². The number of rotatable bonds is 9. The summed E-state index contributed by atoms with van der Waals surface area (Å²) in [6.45, 7) is 9.08. The molecule has 0 aliphatic heterocycles. The quantitative estimate of drug-likeness (QED) is 0.559. The zero-order chi connectivity index (χ0) is 10.9. The second-order valence-electron chi connectivity index (χ2n) is 4.04. The number of hydrogen-bond acceptors (Lipinski definition) is 3. The van der Waals surface area contributed by atoms with Crippen LogP contribution in [0.2, 0.25) is 0 Å². The molecule has 0 rings (SSSR count). The minimum Gasteiger partial charge on any atom is -0.389 e. The molecular weight excluding hydrogens is 178 g/mol. The van der Waals surface area contributed by atoms with Crippen LogP contribution in [0.4, 0.5) is 0 Å². The smallest absolute Gasteiger partial charge is 0.0743 e. The van der Waals surface area contributed by atoms with Crippen LogP contribution in [0.15, 0.2) is 0 Å². The van der Waals surface area contributed by atoms with Gasteiger partial charge in [0.05, 0.1) is 12.2 Å². The van der Waals surface area contributed by atoms with E-state index >= 15 is 0 Å². The highest BCUT2D eigenvalue weighted by atomic mass is 16.5. The van der Waals surface area contributed by atoms with Crippen LogP contribution >= 0.6 is 0 Å². The van der Waals surface area contributed by atoms with Crippen LogP contribution < -0.4 is 5.32 Å². The molecule has 86 valence electrons. The number of ether oxygens (including phenoxy) is 1. The predicted octanol–water partition coefficient (Wildman–Crippen LogP) is 1.55. The zero-order valence-corrected chi connectivity index (χ0v) is 9.81. The Hall–Kier alpha value is -0.120. The van der Waals surface area contributed by atoms with E-state index in [0.29, 0.717) is 6.54 Å². The van der Waals surface area contributed by atoms with Crippen LogP contribution in [0.1, 0.15) is 40.0 Å². The summed E-state index contributed by atoms with van der Waals surface area (Å²) in [5.41, 5.74) is -0.570. The summed E-state index contributed by atoms with van der Waals surface area (Å²) >= 11 is 0. The van der Waals surface area contributed by atoms with E-state index < -0.39 is 5.60 Å². The van der Waals surface area contributed by atoms with E-state index in [4.69, 9.17) is 4.74 Å². The van der Waals surface area contributed by atoms with Crippen LogP contribution in [0.3, 0.4) is 0 Å². The van der Waals surface area contributed by atoms with E-state index in [1.54, 1.807) is 0 Å². The molecule has 14 heavy (non-hydrogen) atoms. The second-order valence-corrected chi connectivity index (χ2v) is 4.04. The lowest BCUT2D eigenvalue weighted by Crippen LogP contribution is -2.38. The van der Waals surface area contributed by atoms with Gasteiger partial charge in [-0.1, -0.05) is 20.3 Å². The van der Waals surface area contributed by atoms with Crippen molar-refractivity contribution in [1.29, 1.82) is 0 Å². The Morgan fingerprint density at radius 2 is 1.93 bits per heavy atom. The van der Waals surface area contributed by atoms with Crippen LogP contribution in [-0.4, -0.2) is 37.0 Å². The van der Waals surface area contributed by atoms with Crippen molar-refractivity contribution in [1.82, 2.24) is 5.32 Å². The lowest BCUT2D eigenvalue weighted by atomic mass is 10.0. The van der Waals surface area contributed by atoms with E-state index in [2.05, 4.69) is 19.2 Å². The van der Waals surface area contributed by atoms with E-state index in [1.165, 1.54) is 0 Å². The molecule has 0 heterocycles. The third-order valence-corrected chi connectivity index (χ3v) is 2.07. The zero-order valence-electron chi connectivity index (χ0n) is 9.81. The number of aliphatic hydroxyl groups is 1. The lowest BCUT2D eigenvalue weighted by molar-refractivity contribution is 0.0470. The maximum Gasteiger partial charge on any atom is 0.0743 e. The third-order valence-electron chi connectivity index (χ3n) is 2.07. The van der Waals surface area contributed by atoms with E-state index in [0.717, 1.165) is 39.0 Å². The topological polar surface area (TPSA) is 41.5 Å². The normalized spacial score (nSPS) is 15.4. The molecule has 3 nitrogen and oxygen atoms in total. The van der Waals surface area contributed by atoms with Crippen LogP contribution in [-0.2, 0) is 4.74 Å². The van der Waals surface area contributed by atoms with Gasteiger partial charge in [-0.2, -0.15) is 0 Å². The fourth-order valence-corrected chi connectivity index (χ4v) is 1.38. The molecule has 1 unspecified atom stereocenters. The van der Waals surface area contributed by atoms with Crippen molar-refractivity contribution in [3.63, 3.8) is 0 Å².